The standard InChI is InChI=1S/C28H30N2O2S/c1-28(2)15-22-26(23(31)16-28)20(18-10-6-5-7-11-18)14-25(32)30(22)27-21(17-29)19-12-8-3-4-9-13-24(19)33-27/h5-7,10-11,20H,3-4,8-9,12-16H2,1-2H3/t20-/m0/s1. The maximum atomic E-state index is 13.7. The van der Waals surface area contributed by atoms with E-state index in [0.717, 1.165) is 53.1 Å². The first-order chi connectivity index (χ1) is 15.9. The Hall–Kier alpha value is -2.71. The number of carbonyl (C=O) groups excluding carboxylic acids is 2. The number of thiophene rings is 1. The fourth-order valence-electron chi connectivity index (χ4n) is 5.80. The summed E-state index contributed by atoms with van der Waals surface area (Å²) in [6.07, 6.45) is 7.91. The van der Waals surface area contributed by atoms with Crippen molar-refractivity contribution in [2.45, 2.75) is 77.6 Å². The van der Waals surface area contributed by atoms with E-state index in [9.17, 15) is 14.9 Å². The molecule has 1 aromatic heterocycles. The van der Waals surface area contributed by atoms with Crippen LogP contribution in [-0.2, 0) is 22.4 Å². The van der Waals surface area contributed by atoms with Crippen LogP contribution in [0.1, 0.15) is 86.3 Å². The van der Waals surface area contributed by atoms with E-state index in [4.69, 9.17) is 0 Å². The van der Waals surface area contributed by atoms with Crippen LogP contribution in [0.2, 0.25) is 0 Å². The number of amides is 1. The number of hydrogen-bond donors (Lipinski definition) is 0. The van der Waals surface area contributed by atoms with Crippen molar-refractivity contribution in [2.24, 2.45) is 5.41 Å². The van der Waals surface area contributed by atoms with Crippen molar-refractivity contribution in [1.82, 2.24) is 0 Å². The highest BCUT2D eigenvalue weighted by Crippen LogP contribution is 2.50. The van der Waals surface area contributed by atoms with E-state index in [1.807, 2.05) is 30.3 Å². The normalized spacial score (nSPS) is 22.8. The lowest BCUT2D eigenvalue weighted by molar-refractivity contribution is -0.120. The van der Waals surface area contributed by atoms with Gasteiger partial charge in [0.25, 0.3) is 0 Å². The lowest BCUT2D eigenvalue weighted by Gasteiger charge is -2.42. The van der Waals surface area contributed by atoms with E-state index in [2.05, 4.69) is 19.9 Å². The predicted molar refractivity (Wildman–Crippen MR) is 131 cm³/mol. The van der Waals surface area contributed by atoms with E-state index in [1.165, 1.54) is 17.7 Å². The molecule has 0 unspecified atom stereocenters. The van der Waals surface area contributed by atoms with E-state index in [0.29, 0.717) is 18.4 Å². The molecule has 1 aromatic carbocycles. The summed E-state index contributed by atoms with van der Waals surface area (Å²) in [6, 6.07) is 12.4. The quantitative estimate of drug-likeness (QED) is 0.520. The first-order valence-electron chi connectivity index (χ1n) is 12.1. The second kappa shape index (κ2) is 8.57. The highest BCUT2D eigenvalue weighted by atomic mass is 32.1. The summed E-state index contributed by atoms with van der Waals surface area (Å²) in [4.78, 5) is 30.3. The van der Waals surface area contributed by atoms with Crippen molar-refractivity contribution < 1.29 is 9.59 Å². The number of anilines is 1. The average molecular weight is 459 g/mol. The second-order valence-corrected chi connectivity index (χ2v) is 11.5. The fourth-order valence-corrected chi connectivity index (χ4v) is 7.18. The third-order valence-corrected chi connectivity index (χ3v) is 8.59. The van der Waals surface area contributed by atoms with Crippen molar-refractivity contribution in [2.75, 3.05) is 4.90 Å². The lowest BCUT2D eigenvalue weighted by atomic mass is 9.69. The Bertz CT molecular complexity index is 1180. The largest absolute Gasteiger partial charge is 0.294 e. The Balaban J connectivity index is 1.69. The Kier molecular flexibility index (Phi) is 5.74. The Morgan fingerprint density at radius 2 is 1.76 bits per heavy atom. The van der Waals surface area contributed by atoms with Gasteiger partial charge in [-0.2, -0.15) is 5.26 Å². The number of nitriles is 1. The van der Waals surface area contributed by atoms with Crippen LogP contribution >= 0.6 is 11.3 Å². The molecule has 1 aliphatic heterocycles. The maximum Gasteiger partial charge on any atom is 0.232 e. The summed E-state index contributed by atoms with van der Waals surface area (Å²) in [5.41, 5.74) is 4.21. The summed E-state index contributed by atoms with van der Waals surface area (Å²) >= 11 is 1.61. The summed E-state index contributed by atoms with van der Waals surface area (Å²) in [5, 5.41) is 10.9. The number of aryl methyl sites for hydroxylation is 1. The van der Waals surface area contributed by atoms with Crippen LogP contribution in [0.3, 0.4) is 0 Å². The summed E-state index contributed by atoms with van der Waals surface area (Å²) in [6.45, 7) is 4.20. The topological polar surface area (TPSA) is 61.2 Å². The van der Waals surface area contributed by atoms with Gasteiger partial charge in [-0.05, 0) is 48.6 Å². The fraction of sp³-hybridized carbons (Fsp3) is 0.464. The van der Waals surface area contributed by atoms with Crippen molar-refractivity contribution >= 4 is 28.0 Å². The molecular formula is C28H30N2O2S. The van der Waals surface area contributed by atoms with Crippen LogP contribution in [0.4, 0.5) is 5.00 Å². The van der Waals surface area contributed by atoms with Crippen molar-refractivity contribution in [3.63, 3.8) is 0 Å². The van der Waals surface area contributed by atoms with E-state index in [1.54, 1.807) is 16.2 Å². The smallest absolute Gasteiger partial charge is 0.232 e. The molecule has 4 nitrogen and oxygen atoms in total. The van der Waals surface area contributed by atoms with Crippen LogP contribution in [0.5, 0.6) is 0 Å². The molecule has 0 bridgehead atoms. The van der Waals surface area contributed by atoms with Gasteiger partial charge in [-0.15, -0.1) is 11.3 Å². The number of Topliss-reactive ketones (excluding diaryl/α,β-unsaturated/α-hetero) is 1. The molecule has 2 aliphatic carbocycles. The number of ketones is 1. The summed E-state index contributed by atoms with van der Waals surface area (Å²) < 4.78 is 0. The highest BCUT2D eigenvalue weighted by molar-refractivity contribution is 7.16. The van der Waals surface area contributed by atoms with Gasteiger partial charge >= 0.3 is 0 Å². The third kappa shape index (κ3) is 3.95. The zero-order chi connectivity index (χ0) is 23.2. The molecule has 1 atom stereocenters. The first kappa shape index (κ1) is 22.1. The summed E-state index contributed by atoms with van der Waals surface area (Å²) in [7, 11) is 0. The molecule has 5 rings (SSSR count). The van der Waals surface area contributed by atoms with E-state index in [-0.39, 0.29) is 29.4 Å². The molecule has 2 heterocycles. The number of fused-ring (bicyclic) bond motifs is 1. The minimum atomic E-state index is -0.217. The van der Waals surface area contributed by atoms with Gasteiger partial charge in [0.1, 0.15) is 11.1 Å². The molecule has 33 heavy (non-hydrogen) atoms. The van der Waals surface area contributed by atoms with Gasteiger partial charge in [0, 0.05) is 34.9 Å². The second-order valence-electron chi connectivity index (χ2n) is 10.4. The van der Waals surface area contributed by atoms with Crippen LogP contribution in [0.25, 0.3) is 0 Å². The molecule has 0 radical (unpaired) electrons. The van der Waals surface area contributed by atoms with Gasteiger partial charge in [0.05, 0.1) is 5.56 Å². The number of allylic oxidation sites excluding steroid dienone is 2. The third-order valence-electron chi connectivity index (χ3n) is 7.31. The minimum Gasteiger partial charge on any atom is -0.294 e. The Morgan fingerprint density at radius 3 is 2.48 bits per heavy atom. The zero-order valence-corrected chi connectivity index (χ0v) is 20.3. The molecule has 5 heteroatoms. The molecule has 0 saturated carbocycles. The molecular weight excluding hydrogens is 428 g/mol. The molecule has 0 spiro atoms. The van der Waals surface area contributed by atoms with Crippen LogP contribution < -0.4 is 4.90 Å². The number of benzene rings is 1. The Labute approximate surface area is 199 Å². The molecule has 0 saturated heterocycles. The van der Waals surface area contributed by atoms with Gasteiger partial charge in [-0.3, -0.25) is 14.5 Å². The zero-order valence-electron chi connectivity index (χ0n) is 19.4. The van der Waals surface area contributed by atoms with Gasteiger partial charge in [-0.25, -0.2) is 0 Å². The van der Waals surface area contributed by atoms with Crippen LogP contribution in [0, 0.1) is 16.7 Å². The van der Waals surface area contributed by atoms with Gasteiger partial charge in [0.15, 0.2) is 5.78 Å². The predicted octanol–water partition coefficient (Wildman–Crippen LogP) is 6.44. The molecule has 1 amide bonds. The average Bonchev–Trinajstić information content (AvgIpc) is 3.08. The number of hydrogen-bond acceptors (Lipinski definition) is 4. The van der Waals surface area contributed by atoms with Gasteiger partial charge < -0.3 is 0 Å². The number of nitrogens with zero attached hydrogens (tertiary/aromatic N) is 2. The van der Waals surface area contributed by atoms with E-state index < -0.39 is 0 Å². The molecule has 3 aliphatic rings. The SMILES string of the molecule is CC1(C)CC(=O)C2=C(C1)N(c1sc3c(c1C#N)CCCCCC3)C(=O)C[C@H]2c1ccccc1. The number of carbonyl (C=O) groups is 2. The number of rotatable bonds is 2. The highest BCUT2D eigenvalue weighted by Gasteiger charge is 2.45. The maximum absolute atomic E-state index is 13.7. The molecule has 0 N–H and O–H groups in total. The van der Waals surface area contributed by atoms with Crippen LogP contribution in [-0.4, -0.2) is 11.7 Å². The lowest BCUT2D eigenvalue weighted by Crippen LogP contribution is -2.43. The molecule has 0 fully saturated rings. The van der Waals surface area contributed by atoms with Crippen LogP contribution in [0.15, 0.2) is 41.6 Å². The van der Waals surface area contributed by atoms with Crippen molar-refractivity contribution in [1.29, 1.82) is 5.26 Å². The first-order valence-corrected chi connectivity index (χ1v) is 12.9. The minimum absolute atomic E-state index is 0.00109. The van der Waals surface area contributed by atoms with Gasteiger partial charge in [-0.1, -0.05) is 57.0 Å². The van der Waals surface area contributed by atoms with Gasteiger partial charge in [0.2, 0.25) is 5.91 Å². The van der Waals surface area contributed by atoms with Crippen molar-refractivity contribution in [3.05, 3.63) is 63.2 Å². The molecule has 2 aromatic rings. The summed E-state index contributed by atoms with van der Waals surface area (Å²) in [5.74, 6) is -0.0695. The monoisotopic (exact) mass is 458 g/mol. The Morgan fingerprint density at radius 1 is 1.03 bits per heavy atom. The van der Waals surface area contributed by atoms with E-state index >= 15 is 0 Å². The van der Waals surface area contributed by atoms with Crippen molar-refractivity contribution in [3.8, 4) is 6.07 Å². The molecule has 170 valence electrons.